The monoisotopic (exact) mass is 827 g/mol. The van der Waals surface area contributed by atoms with Gasteiger partial charge >= 0.3 is 0 Å². The first kappa shape index (κ1) is 38.4. The first-order valence-corrected chi connectivity index (χ1v) is 22.6. The molecule has 0 aromatic heterocycles. The second-order valence-electron chi connectivity index (χ2n) is 17.3. The first-order chi connectivity index (χ1) is 32.1. The predicted octanol–water partition coefficient (Wildman–Crippen LogP) is 17.5. The van der Waals surface area contributed by atoms with Gasteiger partial charge in [-0.15, -0.1) is 0 Å². The molecule has 1 aliphatic rings. The van der Waals surface area contributed by atoms with Crippen molar-refractivity contribution in [2.24, 2.45) is 0 Å². The molecular weight excluding hydrogens is 783 g/mol. The summed E-state index contributed by atoms with van der Waals surface area (Å²) in [6.45, 7) is 2.40. The predicted molar refractivity (Wildman–Crippen MR) is 275 cm³/mol. The number of anilines is 3. The van der Waals surface area contributed by atoms with Crippen molar-refractivity contribution in [3.8, 4) is 55.6 Å². The van der Waals surface area contributed by atoms with Gasteiger partial charge in [-0.05, 0) is 132 Å². The maximum atomic E-state index is 2.47. The molecule has 0 bridgehead atoms. The molecule has 1 nitrogen and oxygen atoms in total. The largest absolute Gasteiger partial charge is 0.310 e. The minimum Gasteiger partial charge on any atom is -0.310 e. The minimum absolute atomic E-state index is 0.321. The van der Waals surface area contributed by atoms with Crippen molar-refractivity contribution in [2.45, 2.75) is 12.3 Å². The molecule has 12 rings (SSSR count). The molecule has 1 atom stereocenters. The van der Waals surface area contributed by atoms with E-state index in [2.05, 4.69) is 267 Å². The van der Waals surface area contributed by atoms with Crippen LogP contribution in [0.4, 0.5) is 17.1 Å². The Morgan fingerprint density at radius 3 is 1.49 bits per heavy atom. The van der Waals surface area contributed by atoms with Crippen LogP contribution < -0.4 is 4.90 Å². The van der Waals surface area contributed by atoms with Gasteiger partial charge in [0.1, 0.15) is 0 Å². The van der Waals surface area contributed by atoms with E-state index in [0.29, 0.717) is 0 Å². The van der Waals surface area contributed by atoms with Crippen LogP contribution in [0.5, 0.6) is 0 Å². The van der Waals surface area contributed by atoms with E-state index in [-0.39, 0.29) is 5.41 Å². The van der Waals surface area contributed by atoms with Crippen LogP contribution in [0.3, 0.4) is 0 Å². The van der Waals surface area contributed by atoms with Crippen molar-refractivity contribution in [1.29, 1.82) is 0 Å². The molecule has 0 saturated carbocycles. The molecule has 0 saturated heterocycles. The zero-order valence-electron chi connectivity index (χ0n) is 36.2. The van der Waals surface area contributed by atoms with Crippen molar-refractivity contribution in [3.63, 3.8) is 0 Å². The van der Waals surface area contributed by atoms with Crippen LogP contribution in [0.2, 0.25) is 0 Å². The lowest BCUT2D eigenvalue weighted by molar-refractivity contribution is 0.714. The molecule has 0 spiro atoms. The molecule has 1 heteroatoms. The molecule has 0 aliphatic heterocycles. The highest BCUT2D eigenvalue weighted by Gasteiger charge is 2.42. The van der Waals surface area contributed by atoms with Gasteiger partial charge in [-0.1, -0.05) is 218 Å². The molecule has 1 unspecified atom stereocenters. The Hall–Kier alpha value is -8.26. The number of nitrogens with zero attached hydrogens (tertiary/aromatic N) is 1. The second kappa shape index (κ2) is 15.8. The number of benzene rings is 11. The normalized spacial score (nSPS) is 14.0. The minimum atomic E-state index is -0.321. The molecule has 65 heavy (non-hydrogen) atoms. The Morgan fingerprint density at radius 1 is 0.292 bits per heavy atom. The molecule has 0 N–H and O–H groups in total. The average Bonchev–Trinajstić information content (AvgIpc) is 3.66. The van der Waals surface area contributed by atoms with Gasteiger partial charge < -0.3 is 4.90 Å². The van der Waals surface area contributed by atoms with E-state index in [1.54, 1.807) is 0 Å². The fourth-order valence-electron chi connectivity index (χ4n) is 10.7. The summed E-state index contributed by atoms with van der Waals surface area (Å²) in [5.41, 5.74) is 19.2. The molecule has 1 aliphatic carbocycles. The zero-order chi connectivity index (χ0) is 43.3. The third-order valence-corrected chi connectivity index (χ3v) is 13.7. The Morgan fingerprint density at radius 2 is 0.785 bits per heavy atom. The Balaban J connectivity index is 1.08. The number of fused-ring (bicyclic) bond motifs is 6. The Bertz CT molecular complexity index is 3520. The van der Waals surface area contributed by atoms with Gasteiger partial charge in [-0.25, -0.2) is 0 Å². The smallest absolute Gasteiger partial charge is 0.0543 e. The standard InChI is InChI=1S/C64H45N/c1-64(50-27-12-5-13-28-50)58-33-17-16-32-56(58)63-59(64)34-19-35-60(63)65(51-39-36-45(37-40-51)44-20-6-2-7-21-44)52-29-18-26-48(42-52)49-38-41-54-53-30-14-15-31-55(53)61(46-22-8-3-9-23-46)62(57(54)43-49)47-24-10-4-11-25-47/h2-43H,1H3. The second-order valence-corrected chi connectivity index (χ2v) is 17.3. The van der Waals surface area contributed by atoms with Gasteiger partial charge in [0, 0.05) is 22.4 Å². The van der Waals surface area contributed by atoms with E-state index in [1.165, 1.54) is 88.3 Å². The molecule has 11 aromatic rings. The van der Waals surface area contributed by atoms with E-state index < -0.39 is 0 Å². The summed E-state index contributed by atoms with van der Waals surface area (Å²) in [5, 5.41) is 5.00. The van der Waals surface area contributed by atoms with Crippen LogP contribution in [-0.2, 0) is 5.41 Å². The first-order valence-electron chi connectivity index (χ1n) is 22.6. The lowest BCUT2D eigenvalue weighted by Gasteiger charge is -2.31. The molecule has 11 aromatic carbocycles. The van der Waals surface area contributed by atoms with Crippen molar-refractivity contribution >= 4 is 38.6 Å². The van der Waals surface area contributed by atoms with Crippen molar-refractivity contribution < 1.29 is 0 Å². The van der Waals surface area contributed by atoms with Crippen LogP contribution in [0.1, 0.15) is 23.6 Å². The highest BCUT2D eigenvalue weighted by molar-refractivity contribution is 6.22. The average molecular weight is 828 g/mol. The fourth-order valence-corrected chi connectivity index (χ4v) is 10.7. The van der Waals surface area contributed by atoms with Crippen LogP contribution in [-0.4, -0.2) is 0 Å². The zero-order valence-corrected chi connectivity index (χ0v) is 36.2. The summed E-state index contributed by atoms with van der Waals surface area (Å²) >= 11 is 0. The summed E-state index contributed by atoms with van der Waals surface area (Å²) in [7, 11) is 0. The van der Waals surface area contributed by atoms with Crippen LogP contribution >= 0.6 is 0 Å². The van der Waals surface area contributed by atoms with Crippen LogP contribution in [0, 0.1) is 0 Å². The number of rotatable bonds is 8. The molecule has 0 amide bonds. The van der Waals surface area contributed by atoms with E-state index in [4.69, 9.17) is 0 Å². The summed E-state index contributed by atoms with van der Waals surface area (Å²) in [6.07, 6.45) is 0. The van der Waals surface area contributed by atoms with Crippen LogP contribution in [0.25, 0.3) is 77.2 Å². The molecular formula is C64H45N. The van der Waals surface area contributed by atoms with Crippen molar-refractivity contribution in [1.82, 2.24) is 0 Å². The third-order valence-electron chi connectivity index (χ3n) is 13.7. The molecule has 0 heterocycles. The Kier molecular flexibility index (Phi) is 9.35. The van der Waals surface area contributed by atoms with E-state index >= 15 is 0 Å². The van der Waals surface area contributed by atoms with E-state index in [0.717, 1.165) is 22.6 Å². The highest BCUT2D eigenvalue weighted by atomic mass is 15.1. The molecule has 0 radical (unpaired) electrons. The van der Waals surface area contributed by atoms with E-state index in [1.807, 2.05) is 0 Å². The Labute approximate surface area is 381 Å². The van der Waals surface area contributed by atoms with Crippen molar-refractivity contribution in [3.05, 3.63) is 271 Å². The summed E-state index contributed by atoms with van der Waals surface area (Å²) in [4.78, 5) is 2.47. The van der Waals surface area contributed by atoms with Gasteiger partial charge in [0.2, 0.25) is 0 Å². The summed E-state index contributed by atoms with van der Waals surface area (Å²) < 4.78 is 0. The third kappa shape index (κ3) is 6.39. The lowest BCUT2D eigenvalue weighted by Crippen LogP contribution is -2.22. The highest BCUT2D eigenvalue weighted by Crippen LogP contribution is 2.57. The van der Waals surface area contributed by atoms with Gasteiger partial charge in [0.25, 0.3) is 0 Å². The molecule has 0 fully saturated rings. The fraction of sp³-hybridized carbons (Fsp3) is 0.0312. The summed E-state index contributed by atoms with van der Waals surface area (Å²) in [6, 6.07) is 93.5. The molecule has 306 valence electrons. The maximum Gasteiger partial charge on any atom is 0.0543 e. The van der Waals surface area contributed by atoms with Gasteiger partial charge in [0.15, 0.2) is 0 Å². The van der Waals surface area contributed by atoms with Crippen molar-refractivity contribution in [2.75, 3.05) is 4.90 Å². The SMILES string of the molecule is CC1(c2ccccc2)c2ccccc2-c2c(N(c3ccc(-c4ccccc4)cc3)c3cccc(-c4ccc5c(c4)c(-c4ccccc4)c(-c4ccccc4)c4ccccc45)c3)cccc21. The topological polar surface area (TPSA) is 3.24 Å². The lowest BCUT2D eigenvalue weighted by atomic mass is 9.74. The summed E-state index contributed by atoms with van der Waals surface area (Å²) in [5.74, 6) is 0. The van der Waals surface area contributed by atoms with E-state index in [9.17, 15) is 0 Å². The van der Waals surface area contributed by atoms with Gasteiger partial charge in [0.05, 0.1) is 5.69 Å². The van der Waals surface area contributed by atoms with Gasteiger partial charge in [-0.3, -0.25) is 0 Å². The number of hydrogen-bond donors (Lipinski definition) is 0. The maximum absolute atomic E-state index is 2.47. The number of hydrogen-bond acceptors (Lipinski definition) is 1. The quantitative estimate of drug-likeness (QED) is 0.138. The van der Waals surface area contributed by atoms with Crippen LogP contribution in [0.15, 0.2) is 255 Å². The van der Waals surface area contributed by atoms with Gasteiger partial charge in [-0.2, -0.15) is 0 Å².